The van der Waals surface area contributed by atoms with Gasteiger partial charge in [-0.3, -0.25) is 0 Å². The van der Waals surface area contributed by atoms with E-state index >= 15 is 0 Å². The lowest BCUT2D eigenvalue weighted by Gasteiger charge is -2.32. The first-order chi connectivity index (χ1) is 8.56. The molecule has 1 aliphatic carbocycles. The van der Waals surface area contributed by atoms with Crippen molar-refractivity contribution in [3.05, 3.63) is 0 Å². The fourth-order valence-electron chi connectivity index (χ4n) is 2.71. The Bertz CT molecular complexity index is 270. The van der Waals surface area contributed by atoms with Crippen LogP contribution in [0.3, 0.4) is 0 Å². The molecule has 0 amide bonds. The first-order valence-electron chi connectivity index (χ1n) is 7.11. The minimum Gasteiger partial charge on any atom is -0.464 e. The summed E-state index contributed by atoms with van der Waals surface area (Å²) >= 11 is 0. The number of esters is 1. The Morgan fingerprint density at radius 2 is 2.22 bits per heavy atom. The number of carbonyl (C=O) groups excluding carboxylic acids is 1. The SMILES string of the molecule is CCCC(OC1(CN)CCC(C)C1)C(=O)OCC. The summed E-state index contributed by atoms with van der Waals surface area (Å²) < 4.78 is 11.2. The van der Waals surface area contributed by atoms with E-state index in [0.29, 0.717) is 25.5 Å². The van der Waals surface area contributed by atoms with Crippen LogP contribution >= 0.6 is 0 Å². The number of nitrogens with two attached hydrogens (primary N) is 1. The molecule has 2 N–H and O–H groups in total. The van der Waals surface area contributed by atoms with Gasteiger partial charge in [-0.15, -0.1) is 0 Å². The van der Waals surface area contributed by atoms with Gasteiger partial charge in [0.2, 0.25) is 0 Å². The van der Waals surface area contributed by atoms with Gasteiger partial charge in [-0.1, -0.05) is 20.3 Å². The number of hydrogen-bond donors (Lipinski definition) is 1. The van der Waals surface area contributed by atoms with Crippen LogP contribution in [0.5, 0.6) is 0 Å². The van der Waals surface area contributed by atoms with Gasteiger partial charge in [-0.05, 0) is 38.5 Å². The summed E-state index contributed by atoms with van der Waals surface area (Å²) in [7, 11) is 0. The zero-order valence-corrected chi connectivity index (χ0v) is 11.9. The largest absolute Gasteiger partial charge is 0.464 e. The topological polar surface area (TPSA) is 61.5 Å². The van der Waals surface area contributed by atoms with Crippen LogP contribution in [0.15, 0.2) is 0 Å². The fraction of sp³-hybridized carbons (Fsp3) is 0.929. The second kappa shape index (κ2) is 7.10. The summed E-state index contributed by atoms with van der Waals surface area (Å²) in [5, 5.41) is 0. The Morgan fingerprint density at radius 1 is 1.50 bits per heavy atom. The second-order valence-corrected chi connectivity index (χ2v) is 5.38. The molecule has 3 atom stereocenters. The Balaban J connectivity index is 2.66. The molecule has 1 saturated carbocycles. The van der Waals surface area contributed by atoms with Crippen LogP contribution < -0.4 is 5.73 Å². The number of ether oxygens (including phenoxy) is 2. The molecule has 0 bridgehead atoms. The zero-order valence-electron chi connectivity index (χ0n) is 11.9. The van der Waals surface area contributed by atoms with E-state index in [1.165, 1.54) is 0 Å². The molecule has 0 aromatic carbocycles. The van der Waals surface area contributed by atoms with Gasteiger partial charge in [-0.25, -0.2) is 4.79 Å². The van der Waals surface area contributed by atoms with E-state index in [-0.39, 0.29) is 11.6 Å². The van der Waals surface area contributed by atoms with Gasteiger partial charge in [0.15, 0.2) is 6.10 Å². The number of rotatable bonds is 7. The van der Waals surface area contributed by atoms with Crippen molar-refractivity contribution in [2.75, 3.05) is 13.2 Å². The van der Waals surface area contributed by atoms with Crippen molar-refractivity contribution in [3.63, 3.8) is 0 Å². The molecule has 106 valence electrons. The van der Waals surface area contributed by atoms with Gasteiger partial charge in [-0.2, -0.15) is 0 Å². The van der Waals surface area contributed by atoms with Gasteiger partial charge in [0.25, 0.3) is 0 Å². The van der Waals surface area contributed by atoms with Gasteiger partial charge in [0.1, 0.15) is 0 Å². The smallest absolute Gasteiger partial charge is 0.335 e. The lowest BCUT2D eigenvalue weighted by atomic mass is 10.00. The van der Waals surface area contributed by atoms with Gasteiger partial charge < -0.3 is 15.2 Å². The van der Waals surface area contributed by atoms with Gasteiger partial charge in [0, 0.05) is 6.54 Å². The highest BCUT2D eigenvalue weighted by molar-refractivity contribution is 5.74. The maximum atomic E-state index is 11.9. The molecule has 0 radical (unpaired) electrons. The summed E-state index contributed by atoms with van der Waals surface area (Å²) in [4.78, 5) is 11.9. The Morgan fingerprint density at radius 3 is 2.67 bits per heavy atom. The Labute approximate surface area is 110 Å². The molecule has 0 aromatic rings. The minimum absolute atomic E-state index is 0.244. The lowest BCUT2D eigenvalue weighted by Crippen LogP contribution is -2.44. The molecule has 0 heterocycles. The summed E-state index contributed by atoms with van der Waals surface area (Å²) in [6, 6.07) is 0. The number of hydrogen-bond acceptors (Lipinski definition) is 4. The van der Waals surface area contributed by atoms with Crippen molar-refractivity contribution in [2.45, 2.75) is 64.6 Å². The standard InChI is InChI=1S/C14H27NO3/c1-4-6-12(13(16)17-5-2)18-14(10-15)8-7-11(3)9-14/h11-12H,4-10,15H2,1-3H3. The fourth-order valence-corrected chi connectivity index (χ4v) is 2.71. The van der Waals surface area contributed by atoms with Gasteiger partial charge in [0.05, 0.1) is 12.2 Å². The molecule has 18 heavy (non-hydrogen) atoms. The van der Waals surface area contributed by atoms with Crippen LogP contribution in [0.25, 0.3) is 0 Å². The van der Waals surface area contributed by atoms with E-state index in [1.54, 1.807) is 0 Å². The van der Waals surface area contributed by atoms with Crippen molar-refractivity contribution in [1.29, 1.82) is 0 Å². The minimum atomic E-state index is -0.455. The van der Waals surface area contributed by atoms with Crippen LogP contribution in [0.2, 0.25) is 0 Å². The van der Waals surface area contributed by atoms with Crippen LogP contribution in [-0.2, 0) is 14.3 Å². The van der Waals surface area contributed by atoms with E-state index < -0.39 is 6.10 Å². The molecule has 0 aliphatic heterocycles. The first kappa shape index (κ1) is 15.4. The molecule has 4 nitrogen and oxygen atoms in total. The van der Waals surface area contributed by atoms with E-state index in [2.05, 4.69) is 6.92 Å². The van der Waals surface area contributed by atoms with Crippen LogP contribution in [0.1, 0.15) is 52.9 Å². The molecule has 1 rings (SSSR count). The predicted octanol–water partition coefficient (Wildman–Crippen LogP) is 2.25. The van der Waals surface area contributed by atoms with Crippen LogP contribution in [-0.4, -0.2) is 30.8 Å². The lowest BCUT2D eigenvalue weighted by molar-refractivity contribution is -0.170. The molecule has 0 spiro atoms. The first-order valence-corrected chi connectivity index (χ1v) is 7.11. The molecule has 4 heteroatoms. The number of carbonyl (C=O) groups is 1. The molecule has 1 fully saturated rings. The molecule has 3 unspecified atom stereocenters. The third-order valence-corrected chi connectivity index (χ3v) is 3.68. The maximum absolute atomic E-state index is 11.9. The van der Waals surface area contributed by atoms with Crippen molar-refractivity contribution in [1.82, 2.24) is 0 Å². The van der Waals surface area contributed by atoms with E-state index in [0.717, 1.165) is 25.7 Å². The summed E-state index contributed by atoms with van der Waals surface area (Å²) in [6.45, 7) is 6.95. The van der Waals surface area contributed by atoms with Crippen LogP contribution in [0.4, 0.5) is 0 Å². The highest BCUT2D eigenvalue weighted by Gasteiger charge is 2.40. The Hall–Kier alpha value is -0.610. The highest BCUT2D eigenvalue weighted by atomic mass is 16.6. The molecule has 1 aliphatic rings. The highest BCUT2D eigenvalue weighted by Crippen LogP contribution is 2.37. The summed E-state index contributed by atoms with van der Waals surface area (Å²) in [5.74, 6) is 0.379. The molecular weight excluding hydrogens is 230 g/mol. The zero-order chi connectivity index (χ0) is 13.6. The Kier molecular flexibility index (Phi) is 6.09. The predicted molar refractivity (Wildman–Crippen MR) is 71.2 cm³/mol. The van der Waals surface area contributed by atoms with Crippen molar-refractivity contribution in [2.24, 2.45) is 11.7 Å². The average Bonchev–Trinajstić information content (AvgIpc) is 2.71. The molecule has 0 aromatic heterocycles. The second-order valence-electron chi connectivity index (χ2n) is 5.38. The van der Waals surface area contributed by atoms with E-state index in [1.807, 2.05) is 13.8 Å². The van der Waals surface area contributed by atoms with Crippen molar-refractivity contribution >= 4 is 5.97 Å². The third-order valence-electron chi connectivity index (χ3n) is 3.68. The monoisotopic (exact) mass is 257 g/mol. The van der Waals surface area contributed by atoms with E-state index in [9.17, 15) is 4.79 Å². The van der Waals surface area contributed by atoms with Crippen LogP contribution in [0, 0.1) is 5.92 Å². The summed E-state index contributed by atoms with van der Waals surface area (Å²) in [5.41, 5.74) is 5.56. The molecular formula is C14H27NO3. The quantitative estimate of drug-likeness (QED) is 0.711. The maximum Gasteiger partial charge on any atom is 0.335 e. The van der Waals surface area contributed by atoms with Crippen molar-refractivity contribution < 1.29 is 14.3 Å². The van der Waals surface area contributed by atoms with E-state index in [4.69, 9.17) is 15.2 Å². The van der Waals surface area contributed by atoms with Gasteiger partial charge >= 0.3 is 5.97 Å². The van der Waals surface area contributed by atoms with Crippen molar-refractivity contribution in [3.8, 4) is 0 Å². The average molecular weight is 257 g/mol. The third kappa shape index (κ3) is 3.95. The normalized spacial score (nSPS) is 29.2. The summed E-state index contributed by atoms with van der Waals surface area (Å²) in [6.07, 6.45) is 4.17. The molecule has 0 saturated heterocycles.